The zero-order valence-electron chi connectivity index (χ0n) is 6.49. The Bertz CT molecular complexity index is 357. The molecule has 12 heavy (non-hydrogen) atoms. The Morgan fingerprint density at radius 1 is 1.25 bits per heavy atom. The van der Waals surface area contributed by atoms with Crippen molar-refractivity contribution in [1.82, 2.24) is 0 Å². The van der Waals surface area contributed by atoms with Crippen LogP contribution in [0.25, 0.3) is 0 Å². The average Bonchev–Trinajstić information content (AvgIpc) is 2.12. The van der Waals surface area contributed by atoms with Gasteiger partial charge >= 0.3 is 5.91 Å². The van der Waals surface area contributed by atoms with Gasteiger partial charge < -0.3 is 0 Å². The van der Waals surface area contributed by atoms with Crippen LogP contribution in [0.2, 0.25) is 0 Å². The summed E-state index contributed by atoms with van der Waals surface area (Å²) in [5.41, 5.74) is 1.54. The Morgan fingerprint density at radius 2 is 2.00 bits per heavy atom. The molecular formula is C9H8NO2+. The second-order valence-corrected chi connectivity index (χ2v) is 2.81. The van der Waals surface area contributed by atoms with E-state index in [2.05, 4.69) is 0 Å². The fourth-order valence-electron chi connectivity index (χ4n) is 1.40. The minimum Gasteiger partial charge on any atom is -0.210 e. The molecule has 0 radical (unpaired) electrons. The number of amides is 1. The summed E-state index contributed by atoms with van der Waals surface area (Å²) in [6, 6.07) is 7.24. The van der Waals surface area contributed by atoms with E-state index in [0.717, 1.165) is 5.56 Å². The van der Waals surface area contributed by atoms with Gasteiger partial charge in [0.25, 0.3) is 0 Å². The molecule has 1 aliphatic rings. The highest BCUT2D eigenvalue weighted by Crippen LogP contribution is 2.15. The largest absolute Gasteiger partial charge is 0.465 e. The van der Waals surface area contributed by atoms with E-state index in [0.29, 0.717) is 16.7 Å². The average molecular weight is 162 g/mol. The Morgan fingerprint density at radius 3 is 2.83 bits per heavy atom. The number of fused-ring (bicyclic) bond motifs is 1. The lowest BCUT2D eigenvalue weighted by atomic mass is 10.0. The molecule has 0 fully saturated rings. The van der Waals surface area contributed by atoms with Gasteiger partial charge in [0, 0.05) is 11.3 Å². The van der Waals surface area contributed by atoms with Crippen molar-refractivity contribution < 1.29 is 9.55 Å². The molecule has 2 rings (SSSR count). The van der Waals surface area contributed by atoms with Gasteiger partial charge in [-0.3, -0.25) is 0 Å². The first kappa shape index (κ1) is 7.16. The van der Waals surface area contributed by atoms with Gasteiger partial charge in [-0.15, -0.1) is 0 Å². The number of nitrogens with zero attached hydrogens (tertiary/aromatic N) is 1. The maximum Gasteiger partial charge on any atom is 0.465 e. The van der Waals surface area contributed by atoms with Crippen LogP contribution in [0.1, 0.15) is 15.9 Å². The molecule has 0 unspecified atom stereocenters. The third kappa shape index (κ3) is 0.942. The van der Waals surface area contributed by atoms with Crippen LogP contribution in [0.4, 0.5) is 0 Å². The molecule has 0 spiro atoms. The van der Waals surface area contributed by atoms with Crippen molar-refractivity contribution in [3.8, 4) is 0 Å². The first-order valence-electron chi connectivity index (χ1n) is 3.86. The van der Waals surface area contributed by atoms with Gasteiger partial charge in [0.2, 0.25) is 6.54 Å². The SMILES string of the molecule is O=C1c2ccccc2CC[N+]1=O. The van der Waals surface area contributed by atoms with Gasteiger partial charge in [-0.25, -0.2) is 4.79 Å². The molecule has 1 aliphatic heterocycles. The predicted octanol–water partition coefficient (Wildman–Crippen LogP) is 1.16. The van der Waals surface area contributed by atoms with Gasteiger partial charge in [-0.2, -0.15) is 0 Å². The van der Waals surface area contributed by atoms with E-state index in [9.17, 15) is 9.70 Å². The molecule has 1 aromatic rings. The standard InChI is InChI=1S/C9H8NO2/c11-9-8-4-2-1-3-7(8)5-6-10(9)12/h1-4H,5-6H2/q+1. The zero-order chi connectivity index (χ0) is 8.55. The maximum atomic E-state index is 11.2. The van der Waals surface area contributed by atoms with E-state index in [1.54, 1.807) is 12.1 Å². The van der Waals surface area contributed by atoms with Gasteiger partial charge in [-0.05, 0) is 11.6 Å². The molecule has 0 saturated carbocycles. The molecule has 0 aliphatic carbocycles. The first-order valence-corrected chi connectivity index (χ1v) is 3.86. The molecule has 60 valence electrons. The lowest BCUT2D eigenvalue weighted by Crippen LogP contribution is -2.27. The minimum atomic E-state index is -0.406. The number of hydrogen-bond donors (Lipinski definition) is 0. The second kappa shape index (κ2) is 2.52. The van der Waals surface area contributed by atoms with E-state index >= 15 is 0 Å². The van der Waals surface area contributed by atoms with E-state index in [-0.39, 0.29) is 6.54 Å². The Labute approximate surface area is 69.6 Å². The van der Waals surface area contributed by atoms with Crippen molar-refractivity contribution in [1.29, 1.82) is 0 Å². The molecule has 1 heterocycles. The maximum absolute atomic E-state index is 11.2. The lowest BCUT2D eigenvalue weighted by molar-refractivity contribution is -0.452. The Hall–Kier alpha value is -1.51. The minimum absolute atomic E-state index is 0.288. The zero-order valence-corrected chi connectivity index (χ0v) is 6.49. The third-order valence-electron chi connectivity index (χ3n) is 2.06. The summed E-state index contributed by atoms with van der Waals surface area (Å²) in [5.74, 6) is -0.406. The summed E-state index contributed by atoms with van der Waals surface area (Å²) in [7, 11) is 0. The monoisotopic (exact) mass is 162 g/mol. The molecule has 0 N–H and O–H groups in total. The highest BCUT2D eigenvalue weighted by atomic mass is 16.3. The number of hydrogen-bond acceptors (Lipinski definition) is 2. The summed E-state index contributed by atoms with van der Waals surface area (Å²) < 4.78 is 0.516. The smallest absolute Gasteiger partial charge is 0.210 e. The fraction of sp³-hybridized carbons (Fsp3) is 0.222. The van der Waals surface area contributed by atoms with Crippen LogP contribution in [0.5, 0.6) is 0 Å². The number of carbonyl (C=O) groups excluding carboxylic acids is 1. The van der Waals surface area contributed by atoms with Crippen molar-refractivity contribution in [2.24, 2.45) is 0 Å². The summed E-state index contributed by atoms with van der Waals surface area (Å²) >= 11 is 0. The topological polar surface area (TPSA) is 37.1 Å². The number of nitroso groups, excluding NO2 is 1. The van der Waals surface area contributed by atoms with Crippen LogP contribution in [-0.4, -0.2) is 17.2 Å². The molecular weight excluding hydrogens is 154 g/mol. The quantitative estimate of drug-likeness (QED) is 0.537. The van der Waals surface area contributed by atoms with Crippen LogP contribution in [0.15, 0.2) is 24.3 Å². The van der Waals surface area contributed by atoms with Crippen molar-refractivity contribution >= 4 is 5.91 Å². The van der Waals surface area contributed by atoms with Gasteiger partial charge in [-0.1, -0.05) is 18.2 Å². The third-order valence-corrected chi connectivity index (χ3v) is 2.06. The Kier molecular flexibility index (Phi) is 1.50. The number of carbonyl (C=O) groups is 1. The molecule has 3 nitrogen and oxygen atoms in total. The molecule has 1 aromatic carbocycles. The molecule has 0 atom stereocenters. The van der Waals surface area contributed by atoms with E-state index in [1.807, 2.05) is 12.1 Å². The molecule has 0 bridgehead atoms. The lowest BCUT2D eigenvalue weighted by Gasteiger charge is -2.05. The van der Waals surface area contributed by atoms with Crippen LogP contribution in [-0.2, 0) is 6.42 Å². The van der Waals surface area contributed by atoms with Crippen molar-refractivity contribution in [3.63, 3.8) is 0 Å². The highest BCUT2D eigenvalue weighted by molar-refractivity contribution is 5.90. The van der Waals surface area contributed by atoms with E-state index in [4.69, 9.17) is 0 Å². The second-order valence-electron chi connectivity index (χ2n) is 2.81. The normalized spacial score (nSPS) is 16.0. The summed E-state index contributed by atoms with van der Waals surface area (Å²) in [5, 5.41) is 0. The van der Waals surface area contributed by atoms with Crippen molar-refractivity contribution in [2.75, 3.05) is 6.54 Å². The van der Waals surface area contributed by atoms with E-state index in [1.165, 1.54) is 0 Å². The first-order chi connectivity index (χ1) is 5.79. The summed E-state index contributed by atoms with van der Waals surface area (Å²) in [6.45, 7) is 0.288. The Balaban J connectivity index is 2.56. The van der Waals surface area contributed by atoms with Crippen LogP contribution in [0, 0.1) is 4.91 Å². The number of rotatable bonds is 0. The van der Waals surface area contributed by atoms with Gasteiger partial charge in [0.1, 0.15) is 0 Å². The van der Waals surface area contributed by atoms with Crippen LogP contribution >= 0.6 is 0 Å². The highest BCUT2D eigenvalue weighted by Gasteiger charge is 2.31. The van der Waals surface area contributed by atoms with E-state index < -0.39 is 5.91 Å². The van der Waals surface area contributed by atoms with Crippen LogP contribution in [0.3, 0.4) is 0 Å². The molecule has 0 saturated heterocycles. The van der Waals surface area contributed by atoms with Gasteiger partial charge in [0.05, 0.1) is 10.3 Å². The van der Waals surface area contributed by atoms with Crippen LogP contribution < -0.4 is 0 Å². The predicted molar refractivity (Wildman–Crippen MR) is 43.0 cm³/mol. The van der Waals surface area contributed by atoms with Gasteiger partial charge in [0.15, 0.2) is 0 Å². The molecule has 1 amide bonds. The molecule has 3 heteroatoms. The number of benzene rings is 1. The summed E-state index contributed by atoms with van der Waals surface area (Å²) in [4.78, 5) is 22.2. The fourth-order valence-corrected chi connectivity index (χ4v) is 1.40. The molecule has 0 aromatic heterocycles. The van der Waals surface area contributed by atoms with Crippen molar-refractivity contribution in [3.05, 3.63) is 40.3 Å². The van der Waals surface area contributed by atoms with Crippen molar-refractivity contribution in [2.45, 2.75) is 6.42 Å². The summed E-state index contributed by atoms with van der Waals surface area (Å²) in [6.07, 6.45) is 0.672.